The molecule has 4 aromatic rings. The lowest BCUT2D eigenvalue weighted by molar-refractivity contribution is 0.200. The lowest BCUT2D eigenvalue weighted by atomic mass is 10.0. The van der Waals surface area contributed by atoms with E-state index in [-0.39, 0.29) is 0 Å². The zero-order valence-electron chi connectivity index (χ0n) is 16.9. The van der Waals surface area contributed by atoms with Crippen molar-refractivity contribution in [1.82, 2.24) is 19.7 Å². The molecule has 0 bridgehead atoms. The van der Waals surface area contributed by atoms with Crippen molar-refractivity contribution in [1.29, 1.82) is 0 Å². The Morgan fingerprint density at radius 2 is 1.86 bits per heavy atom. The van der Waals surface area contributed by atoms with Gasteiger partial charge < -0.3 is 4.42 Å². The largest absolute Gasteiger partial charge is 0.441 e. The fraction of sp³-hybridized carbons (Fsp3) is 0.304. The van der Waals surface area contributed by atoms with Crippen molar-refractivity contribution < 1.29 is 4.42 Å². The van der Waals surface area contributed by atoms with E-state index in [0.717, 1.165) is 35.5 Å². The SMILES string of the molecule is Cc1oc(-c2cccc3ccccc23)nc1CN(Cc1cnn(C)c1)C(C)C. The summed E-state index contributed by atoms with van der Waals surface area (Å²) in [6, 6.07) is 15.0. The maximum atomic E-state index is 6.09. The van der Waals surface area contributed by atoms with Gasteiger partial charge in [-0.3, -0.25) is 9.58 Å². The van der Waals surface area contributed by atoms with Crippen LogP contribution in [0, 0.1) is 6.92 Å². The highest BCUT2D eigenvalue weighted by Gasteiger charge is 2.18. The molecule has 144 valence electrons. The van der Waals surface area contributed by atoms with Gasteiger partial charge in [-0.25, -0.2) is 4.98 Å². The van der Waals surface area contributed by atoms with Gasteiger partial charge >= 0.3 is 0 Å². The Kier molecular flexibility index (Phi) is 5.01. The van der Waals surface area contributed by atoms with E-state index < -0.39 is 0 Å². The van der Waals surface area contributed by atoms with E-state index in [4.69, 9.17) is 9.40 Å². The molecule has 2 aromatic carbocycles. The third-order valence-corrected chi connectivity index (χ3v) is 5.14. The van der Waals surface area contributed by atoms with Gasteiger partial charge in [-0.1, -0.05) is 36.4 Å². The Bertz CT molecular complexity index is 1090. The minimum absolute atomic E-state index is 0.386. The monoisotopic (exact) mass is 374 g/mol. The van der Waals surface area contributed by atoms with Crippen molar-refractivity contribution in [2.24, 2.45) is 7.05 Å². The summed E-state index contributed by atoms with van der Waals surface area (Å²) in [6.07, 6.45) is 3.99. The van der Waals surface area contributed by atoms with Crippen LogP contribution in [-0.2, 0) is 20.1 Å². The van der Waals surface area contributed by atoms with Crippen LogP contribution >= 0.6 is 0 Å². The molecule has 0 atom stereocenters. The number of nitrogens with zero attached hydrogens (tertiary/aromatic N) is 4. The second-order valence-corrected chi connectivity index (χ2v) is 7.57. The number of benzene rings is 2. The summed E-state index contributed by atoms with van der Waals surface area (Å²) < 4.78 is 7.93. The van der Waals surface area contributed by atoms with Gasteiger partial charge in [0.05, 0.1) is 11.9 Å². The summed E-state index contributed by atoms with van der Waals surface area (Å²) in [5, 5.41) is 6.64. The molecule has 0 aliphatic rings. The van der Waals surface area contributed by atoms with Crippen LogP contribution in [0.25, 0.3) is 22.2 Å². The Labute approximate surface area is 165 Å². The molecular formula is C23H26N4O. The summed E-state index contributed by atoms with van der Waals surface area (Å²) >= 11 is 0. The van der Waals surface area contributed by atoms with Gasteiger partial charge in [0.15, 0.2) is 0 Å². The molecule has 2 heterocycles. The van der Waals surface area contributed by atoms with Gasteiger partial charge in [-0.2, -0.15) is 5.10 Å². The molecule has 0 saturated carbocycles. The number of aryl methyl sites for hydroxylation is 2. The van der Waals surface area contributed by atoms with Crippen molar-refractivity contribution in [3.05, 3.63) is 71.9 Å². The van der Waals surface area contributed by atoms with E-state index in [1.54, 1.807) is 0 Å². The molecule has 0 spiro atoms. The van der Waals surface area contributed by atoms with Gasteiger partial charge in [0.2, 0.25) is 5.89 Å². The molecular weight excluding hydrogens is 348 g/mol. The molecule has 4 rings (SSSR count). The number of oxazole rings is 1. The number of aromatic nitrogens is 3. The van der Waals surface area contributed by atoms with Crippen molar-refractivity contribution in [2.75, 3.05) is 0 Å². The summed E-state index contributed by atoms with van der Waals surface area (Å²) in [4.78, 5) is 7.25. The van der Waals surface area contributed by atoms with Crippen LogP contribution in [0.15, 0.2) is 59.3 Å². The van der Waals surface area contributed by atoms with Crippen LogP contribution < -0.4 is 0 Å². The van der Waals surface area contributed by atoms with Crippen LogP contribution in [0.1, 0.15) is 30.9 Å². The number of hydrogen-bond donors (Lipinski definition) is 0. The second kappa shape index (κ2) is 7.60. The first kappa shape index (κ1) is 18.4. The standard InChI is InChI=1S/C23H26N4O/c1-16(2)27(14-18-12-24-26(4)13-18)15-22-17(3)28-23(25-22)21-11-7-9-19-8-5-6-10-20(19)21/h5-13,16H,14-15H2,1-4H3. The van der Waals surface area contributed by atoms with E-state index in [9.17, 15) is 0 Å². The zero-order valence-corrected chi connectivity index (χ0v) is 16.9. The molecule has 5 nitrogen and oxygen atoms in total. The van der Waals surface area contributed by atoms with Crippen molar-refractivity contribution in [3.8, 4) is 11.5 Å². The van der Waals surface area contributed by atoms with Gasteiger partial charge in [0, 0.05) is 43.5 Å². The third-order valence-electron chi connectivity index (χ3n) is 5.14. The molecule has 0 saturated heterocycles. The average molecular weight is 374 g/mol. The van der Waals surface area contributed by atoms with Crippen LogP contribution in [0.3, 0.4) is 0 Å². The Morgan fingerprint density at radius 1 is 1.07 bits per heavy atom. The van der Waals surface area contributed by atoms with Gasteiger partial charge in [0.1, 0.15) is 5.76 Å². The predicted molar refractivity (Wildman–Crippen MR) is 112 cm³/mol. The zero-order chi connectivity index (χ0) is 19.7. The smallest absolute Gasteiger partial charge is 0.227 e. The third kappa shape index (κ3) is 3.71. The van der Waals surface area contributed by atoms with Gasteiger partial charge in [-0.05, 0) is 37.6 Å². The highest BCUT2D eigenvalue weighted by molar-refractivity contribution is 5.94. The van der Waals surface area contributed by atoms with E-state index in [2.05, 4.69) is 72.5 Å². The Hall–Kier alpha value is -2.92. The molecule has 0 amide bonds. The minimum atomic E-state index is 0.386. The van der Waals surface area contributed by atoms with E-state index in [1.165, 1.54) is 10.9 Å². The van der Waals surface area contributed by atoms with E-state index in [1.807, 2.05) is 24.9 Å². The molecule has 0 aliphatic carbocycles. The van der Waals surface area contributed by atoms with Crippen LogP contribution in [0.2, 0.25) is 0 Å². The summed E-state index contributed by atoms with van der Waals surface area (Å²) in [7, 11) is 1.95. The first-order valence-electron chi connectivity index (χ1n) is 9.67. The lowest BCUT2D eigenvalue weighted by Gasteiger charge is -2.25. The summed E-state index contributed by atoms with van der Waals surface area (Å²) in [5.74, 6) is 1.56. The second-order valence-electron chi connectivity index (χ2n) is 7.57. The molecule has 0 unspecified atom stereocenters. The van der Waals surface area contributed by atoms with Crippen molar-refractivity contribution in [2.45, 2.75) is 39.9 Å². The van der Waals surface area contributed by atoms with Crippen LogP contribution in [0.4, 0.5) is 0 Å². The van der Waals surface area contributed by atoms with Gasteiger partial charge in [0.25, 0.3) is 0 Å². The number of rotatable bonds is 6. The fourth-order valence-corrected chi connectivity index (χ4v) is 3.50. The highest BCUT2D eigenvalue weighted by Crippen LogP contribution is 2.30. The summed E-state index contributed by atoms with van der Waals surface area (Å²) in [5.41, 5.74) is 3.22. The quantitative estimate of drug-likeness (QED) is 0.479. The van der Waals surface area contributed by atoms with Crippen LogP contribution in [-0.4, -0.2) is 25.7 Å². The molecule has 0 fully saturated rings. The lowest BCUT2D eigenvalue weighted by Crippen LogP contribution is -2.30. The Morgan fingerprint density at radius 3 is 2.61 bits per heavy atom. The van der Waals surface area contributed by atoms with Crippen molar-refractivity contribution in [3.63, 3.8) is 0 Å². The topological polar surface area (TPSA) is 47.1 Å². The number of hydrogen-bond acceptors (Lipinski definition) is 4. The molecule has 0 N–H and O–H groups in total. The summed E-state index contributed by atoms with van der Waals surface area (Å²) in [6.45, 7) is 7.99. The first-order valence-corrected chi connectivity index (χ1v) is 9.67. The van der Waals surface area contributed by atoms with Gasteiger partial charge in [-0.15, -0.1) is 0 Å². The molecule has 28 heavy (non-hydrogen) atoms. The van der Waals surface area contributed by atoms with Crippen LogP contribution in [0.5, 0.6) is 0 Å². The molecule has 2 aromatic heterocycles. The molecule has 5 heteroatoms. The Balaban J connectivity index is 1.63. The highest BCUT2D eigenvalue weighted by atomic mass is 16.4. The molecule has 0 radical (unpaired) electrons. The predicted octanol–water partition coefficient (Wildman–Crippen LogP) is 4.95. The fourth-order valence-electron chi connectivity index (χ4n) is 3.50. The average Bonchev–Trinajstić information content (AvgIpc) is 3.26. The molecule has 0 aliphatic heterocycles. The normalized spacial score (nSPS) is 11.8. The van der Waals surface area contributed by atoms with Crippen molar-refractivity contribution >= 4 is 10.8 Å². The maximum absolute atomic E-state index is 6.09. The van der Waals surface area contributed by atoms with E-state index in [0.29, 0.717) is 11.9 Å². The number of fused-ring (bicyclic) bond motifs is 1. The van der Waals surface area contributed by atoms with E-state index >= 15 is 0 Å². The minimum Gasteiger partial charge on any atom is -0.441 e. The first-order chi connectivity index (χ1) is 13.5. The maximum Gasteiger partial charge on any atom is 0.227 e.